The van der Waals surface area contributed by atoms with E-state index in [0.717, 1.165) is 21.3 Å². The van der Waals surface area contributed by atoms with Crippen molar-refractivity contribution in [3.8, 4) is 11.3 Å². The summed E-state index contributed by atoms with van der Waals surface area (Å²) < 4.78 is 1.69. The highest BCUT2D eigenvalue weighted by Crippen LogP contribution is 2.24. The maximum absolute atomic E-state index is 11.2. The molecule has 1 aromatic carbocycles. The van der Waals surface area contributed by atoms with E-state index in [1.807, 2.05) is 12.3 Å². The van der Waals surface area contributed by atoms with Crippen LogP contribution in [0.1, 0.15) is 16.8 Å². The Hall–Kier alpha value is -2.45. The summed E-state index contributed by atoms with van der Waals surface area (Å²) in [5.74, 6) is -0.462. The van der Waals surface area contributed by atoms with E-state index in [0.29, 0.717) is 18.5 Å². The summed E-state index contributed by atoms with van der Waals surface area (Å²) in [5, 5.41) is 17.0. The van der Waals surface area contributed by atoms with Gasteiger partial charge in [-0.1, -0.05) is 23.5 Å². The quantitative estimate of drug-likeness (QED) is 0.595. The number of aliphatic hydroxyl groups excluding tert-OH is 1. The van der Waals surface area contributed by atoms with Crippen LogP contribution >= 0.6 is 11.3 Å². The van der Waals surface area contributed by atoms with Crippen LogP contribution in [0.25, 0.3) is 16.2 Å². The van der Waals surface area contributed by atoms with Crippen LogP contribution in [-0.4, -0.2) is 38.8 Å². The van der Waals surface area contributed by atoms with Gasteiger partial charge in [0, 0.05) is 24.3 Å². The molecule has 0 saturated carbocycles. The molecule has 2 aromatic heterocycles. The summed E-state index contributed by atoms with van der Waals surface area (Å²) in [5.41, 5.74) is 7.31. The van der Waals surface area contributed by atoms with Gasteiger partial charge >= 0.3 is 0 Å². The van der Waals surface area contributed by atoms with Crippen molar-refractivity contribution in [2.45, 2.75) is 6.42 Å². The van der Waals surface area contributed by atoms with E-state index in [1.54, 1.807) is 22.7 Å². The lowest BCUT2D eigenvalue weighted by atomic mass is 10.1. The van der Waals surface area contributed by atoms with Crippen LogP contribution in [-0.2, 0) is 0 Å². The molecule has 3 rings (SSSR count). The summed E-state index contributed by atoms with van der Waals surface area (Å²) in [6, 6.07) is 7.04. The maximum Gasteiger partial charge on any atom is 0.248 e. The van der Waals surface area contributed by atoms with Crippen molar-refractivity contribution in [1.29, 1.82) is 0 Å². The summed E-state index contributed by atoms with van der Waals surface area (Å²) in [7, 11) is 0. The molecule has 0 unspecified atom stereocenters. The largest absolute Gasteiger partial charge is 0.396 e. The van der Waals surface area contributed by atoms with Gasteiger partial charge in [0.05, 0.1) is 11.9 Å². The van der Waals surface area contributed by atoms with Crippen molar-refractivity contribution >= 4 is 27.3 Å². The number of primary amides is 1. The van der Waals surface area contributed by atoms with Gasteiger partial charge < -0.3 is 16.2 Å². The van der Waals surface area contributed by atoms with Gasteiger partial charge in [-0.3, -0.25) is 4.79 Å². The average Bonchev–Trinajstić information content (AvgIpc) is 3.06. The normalized spacial score (nSPS) is 11.0. The Morgan fingerprint density at radius 3 is 3.05 bits per heavy atom. The molecule has 0 aliphatic heterocycles. The highest BCUT2D eigenvalue weighted by Gasteiger charge is 2.10. The molecule has 0 radical (unpaired) electrons. The molecule has 0 atom stereocenters. The van der Waals surface area contributed by atoms with Gasteiger partial charge in [0.25, 0.3) is 0 Å². The smallest absolute Gasteiger partial charge is 0.248 e. The van der Waals surface area contributed by atoms with Crippen molar-refractivity contribution in [2.75, 3.05) is 18.5 Å². The second-order valence-electron chi connectivity index (χ2n) is 4.71. The standard InChI is InChI=1S/C14H15N5O2S/c15-12(21)10-4-1-3-9(7-10)11-8-19-14(17-11)22-13(18-19)16-5-2-6-20/h1,3-4,7-8,20H,2,5-6H2,(H2,15,21)(H,16,18). The lowest BCUT2D eigenvalue weighted by Crippen LogP contribution is -2.10. The average molecular weight is 317 g/mol. The molecular weight excluding hydrogens is 302 g/mol. The minimum atomic E-state index is -0.462. The third kappa shape index (κ3) is 2.92. The summed E-state index contributed by atoms with van der Waals surface area (Å²) in [4.78, 5) is 16.5. The van der Waals surface area contributed by atoms with Crippen molar-refractivity contribution in [2.24, 2.45) is 5.73 Å². The molecule has 22 heavy (non-hydrogen) atoms. The number of hydrogen-bond acceptors (Lipinski definition) is 6. The van der Waals surface area contributed by atoms with Gasteiger partial charge in [0.15, 0.2) is 0 Å². The van der Waals surface area contributed by atoms with E-state index in [-0.39, 0.29) is 6.61 Å². The van der Waals surface area contributed by atoms with Crippen LogP contribution < -0.4 is 11.1 Å². The van der Waals surface area contributed by atoms with Gasteiger partial charge in [0.1, 0.15) is 0 Å². The first-order chi connectivity index (χ1) is 10.7. The van der Waals surface area contributed by atoms with Gasteiger partial charge in [-0.25, -0.2) is 9.50 Å². The summed E-state index contributed by atoms with van der Waals surface area (Å²) in [6.45, 7) is 0.816. The SMILES string of the molecule is NC(=O)c1cccc(-c2cn3nc(NCCCO)sc3n2)c1. The van der Waals surface area contributed by atoms with E-state index >= 15 is 0 Å². The van der Waals surface area contributed by atoms with Crippen LogP contribution in [0.2, 0.25) is 0 Å². The van der Waals surface area contributed by atoms with Crippen LogP contribution in [0.4, 0.5) is 5.13 Å². The number of amides is 1. The molecule has 0 saturated heterocycles. The van der Waals surface area contributed by atoms with Gasteiger partial charge in [-0.05, 0) is 18.6 Å². The Kier molecular flexibility index (Phi) is 4.03. The van der Waals surface area contributed by atoms with E-state index in [2.05, 4.69) is 15.4 Å². The Balaban J connectivity index is 1.85. The molecule has 0 aliphatic rings. The molecular formula is C14H15N5O2S. The zero-order chi connectivity index (χ0) is 15.5. The lowest BCUT2D eigenvalue weighted by Gasteiger charge is -1.99. The fourth-order valence-electron chi connectivity index (χ4n) is 2.02. The fraction of sp³-hybridized carbons (Fsp3) is 0.214. The first-order valence-corrected chi connectivity index (χ1v) is 7.60. The molecule has 114 valence electrons. The van der Waals surface area contributed by atoms with Crippen LogP contribution in [0.3, 0.4) is 0 Å². The predicted octanol–water partition coefficient (Wildman–Crippen LogP) is 1.35. The molecule has 8 heteroatoms. The second-order valence-corrected chi connectivity index (χ2v) is 5.67. The summed E-state index contributed by atoms with van der Waals surface area (Å²) >= 11 is 1.43. The first-order valence-electron chi connectivity index (χ1n) is 6.78. The number of carbonyl (C=O) groups excluding carboxylic acids is 1. The maximum atomic E-state index is 11.2. The number of anilines is 1. The highest BCUT2D eigenvalue weighted by molar-refractivity contribution is 7.20. The zero-order valence-corrected chi connectivity index (χ0v) is 12.5. The fourth-order valence-corrected chi connectivity index (χ4v) is 2.82. The van der Waals surface area contributed by atoms with Gasteiger partial charge in [0.2, 0.25) is 16.0 Å². The molecule has 0 aliphatic carbocycles. The van der Waals surface area contributed by atoms with Gasteiger partial charge in [-0.15, -0.1) is 5.10 Å². The number of nitrogens with one attached hydrogen (secondary N) is 1. The predicted molar refractivity (Wildman–Crippen MR) is 85.0 cm³/mol. The minimum Gasteiger partial charge on any atom is -0.396 e. The van der Waals surface area contributed by atoms with Crippen molar-refractivity contribution < 1.29 is 9.90 Å². The Labute approximate surface area is 130 Å². The topological polar surface area (TPSA) is 106 Å². The molecule has 0 bridgehead atoms. The lowest BCUT2D eigenvalue weighted by molar-refractivity contribution is 0.100. The molecule has 7 nitrogen and oxygen atoms in total. The number of hydrogen-bond donors (Lipinski definition) is 3. The number of nitrogens with zero attached hydrogens (tertiary/aromatic N) is 3. The van der Waals surface area contributed by atoms with Crippen molar-refractivity contribution in [3.63, 3.8) is 0 Å². The number of aliphatic hydroxyl groups is 1. The van der Waals surface area contributed by atoms with Crippen LogP contribution in [0.5, 0.6) is 0 Å². The Morgan fingerprint density at radius 2 is 2.32 bits per heavy atom. The number of benzene rings is 1. The highest BCUT2D eigenvalue weighted by atomic mass is 32.1. The monoisotopic (exact) mass is 317 g/mol. The number of fused-ring (bicyclic) bond motifs is 1. The third-order valence-corrected chi connectivity index (χ3v) is 3.98. The second kappa shape index (κ2) is 6.12. The molecule has 1 amide bonds. The van der Waals surface area contributed by atoms with Gasteiger partial charge in [-0.2, -0.15) is 0 Å². The number of nitrogens with two attached hydrogens (primary N) is 1. The van der Waals surface area contributed by atoms with Crippen molar-refractivity contribution in [1.82, 2.24) is 14.6 Å². The Morgan fingerprint density at radius 1 is 1.45 bits per heavy atom. The van der Waals surface area contributed by atoms with E-state index < -0.39 is 5.91 Å². The number of rotatable bonds is 6. The van der Waals surface area contributed by atoms with E-state index in [1.165, 1.54) is 11.3 Å². The molecule has 0 spiro atoms. The Bertz CT molecular complexity index is 779. The van der Waals surface area contributed by atoms with Crippen molar-refractivity contribution in [3.05, 3.63) is 36.0 Å². The molecule has 3 aromatic rings. The van der Waals surface area contributed by atoms with E-state index in [4.69, 9.17) is 10.8 Å². The number of imidazole rings is 1. The molecule has 0 fully saturated rings. The molecule has 2 heterocycles. The number of aromatic nitrogens is 3. The molecule has 4 N–H and O–H groups in total. The first kappa shape index (κ1) is 14.5. The minimum absolute atomic E-state index is 0.149. The van der Waals surface area contributed by atoms with Crippen LogP contribution in [0, 0.1) is 0 Å². The summed E-state index contributed by atoms with van der Waals surface area (Å²) in [6.07, 6.45) is 2.48. The van der Waals surface area contributed by atoms with E-state index in [9.17, 15) is 4.79 Å². The zero-order valence-electron chi connectivity index (χ0n) is 11.7. The third-order valence-electron chi connectivity index (χ3n) is 3.10. The van der Waals surface area contributed by atoms with Crippen LogP contribution in [0.15, 0.2) is 30.5 Å². The number of carbonyl (C=O) groups is 1.